The molecule has 8 heteroatoms. The maximum Gasteiger partial charge on any atom is 0.269 e. The first-order valence-corrected chi connectivity index (χ1v) is 8.03. The second-order valence-corrected chi connectivity index (χ2v) is 5.83. The van der Waals surface area contributed by atoms with Gasteiger partial charge in [0.2, 0.25) is 6.54 Å². The van der Waals surface area contributed by atoms with Crippen LogP contribution in [0.15, 0.2) is 48.7 Å². The van der Waals surface area contributed by atoms with Crippen LogP contribution in [0.1, 0.15) is 17.0 Å². The number of hydrogen-bond acceptors (Lipinski definition) is 5. The maximum atomic E-state index is 11.3. The molecule has 1 atom stereocenters. The molecule has 1 aromatic heterocycles. The number of para-hydroxylation sites is 1. The third-order valence-electron chi connectivity index (χ3n) is 4.22. The van der Waals surface area contributed by atoms with E-state index >= 15 is 0 Å². The van der Waals surface area contributed by atoms with Gasteiger partial charge >= 0.3 is 0 Å². The molecule has 0 spiro atoms. The van der Waals surface area contributed by atoms with Gasteiger partial charge < -0.3 is 9.72 Å². The first-order valence-electron chi connectivity index (χ1n) is 8.03. The molecule has 0 saturated heterocycles. The Bertz CT molecular complexity index is 1050. The lowest BCUT2D eigenvalue weighted by Gasteiger charge is -2.17. The fourth-order valence-corrected chi connectivity index (χ4v) is 3.07. The molecular formula is C19H15N3O5. The van der Waals surface area contributed by atoms with Gasteiger partial charge in [-0.05, 0) is 17.7 Å². The zero-order valence-electron chi connectivity index (χ0n) is 14.1. The third kappa shape index (κ3) is 3.72. The van der Waals surface area contributed by atoms with Crippen LogP contribution in [-0.4, -0.2) is 28.0 Å². The van der Waals surface area contributed by atoms with Crippen molar-refractivity contribution in [2.24, 2.45) is 0 Å². The third-order valence-corrected chi connectivity index (χ3v) is 4.22. The summed E-state index contributed by atoms with van der Waals surface area (Å²) in [5.74, 6) is 1.87. The van der Waals surface area contributed by atoms with Gasteiger partial charge in [-0.3, -0.25) is 20.2 Å². The number of fused-ring (bicyclic) bond motifs is 1. The quantitative estimate of drug-likeness (QED) is 0.391. The van der Waals surface area contributed by atoms with E-state index in [4.69, 9.17) is 11.2 Å². The van der Waals surface area contributed by atoms with Crippen molar-refractivity contribution >= 4 is 16.6 Å². The van der Waals surface area contributed by atoms with Gasteiger partial charge in [0, 0.05) is 39.7 Å². The van der Waals surface area contributed by atoms with Crippen LogP contribution in [0.4, 0.5) is 5.69 Å². The lowest BCUT2D eigenvalue weighted by atomic mass is 9.90. The van der Waals surface area contributed by atoms with Gasteiger partial charge in [-0.2, -0.15) is 0 Å². The normalized spacial score (nSPS) is 11.7. The van der Waals surface area contributed by atoms with Crippen molar-refractivity contribution in [3.63, 3.8) is 0 Å². The molecule has 0 bridgehead atoms. The molecule has 0 radical (unpaired) electrons. The van der Waals surface area contributed by atoms with Gasteiger partial charge in [0.1, 0.15) is 12.4 Å². The number of nitrogens with one attached hydrogen (secondary N) is 1. The van der Waals surface area contributed by atoms with Crippen LogP contribution in [0, 0.1) is 32.6 Å². The molecule has 0 saturated carbocycles. The van der Waals surface area contributed by atoms with Gasteiger partial charge in [-0.15, -0.1) is 6.42 Å². The number of benzene rings is 2. The van der Waals surface area contributed by atoms with Crippen molar-refractivity contribution in [3.05, 3.63) is 80.0 Å². The summed E-state index contributed by atoms with van der Waals surface area (Å²) >= 11 is 0. The second kappa shape index (κ2) is 7.58. The van der Waals surface area contributed by atoms with Crippen LogP contribution in [0.25, 0.3) is 10.9 Å². The molecule has 27 heavy (non-hydrogen) atoms. The van der Waals surface area contributed by atoms with E-state index in [-0.39, 0.29) is 18.0 Å². The highest BCUT2D eigenvalue weighted by Gasteiger charge is 2.28. The van der Waals surface area contributed by atoms with Crippen LogP contribution in [0.2, 0.25) is 0 Å². The molecule has 0 amide bonds. The van der Waals surface area contributed by atoms with Gasteiger partial charge in [0.05, 0.1) is 10.8 Å². The van der Waals surface area contributed by atoms with Crippen LogP contribution in [-0.2, 0) is 0 Å². The van der Waals surface area contributed by atoms with Gasteiger partial charge in [-0.25, -0.2) is 0 Å². The summed E-state index contributed by atoms with van der Waals surface area (Å²) in [6.07, 6.45) is 6.92. The van der Waals surface area contributed by atoms with Gasteiger partial charge in [-0.1, -0.05) is 24.1 Å². The molecule has 0 fully saturated rings. The van der Waals surface area contributed by atoms with E-state index in [1.807, 2.05) is 24.3 Å². The van der Waals surface area contributed by atoms with Crippen LogP contribution in [0.5, 0.6) is 5.75 Å². The maximum absolute atomic E-state index is 11.3. The van der Waals surface area contributed by atoms with Crippen LogP contribution >= 0.6 is 0 Å². The Hall–Kier alpha value is -3.86. The minimum Gasteiger partial charge on any atom is -0.481 e. The molecule has 0 aliphatic rings. The largest absolute Gasteiger partial charge is 0.481 e. The Balaban J connectivity index is 2.20. The number of ether oxygens (including phenoxy) is 1. The Labute approximate surface area is 154 Å². The summed E-state index contributed by atoms with van der Waals surface area (Å²) in [5.41, 5.74) is 1.65. The van der Waals surface area contributed by atoms with Crippen LogP contribution in [0.3, 0.4) is 0 Å². The van der Waals surface area contributed by atoms with E-state index in [1.165, 1.54) is 18.2 Å². The van der Waals surface area contributed by atoms with E-state index in [2.05, 4.69) is 10.9 Å². The Morgan fingerprint density at radius 2 is 1.93 bits per heavy atom. The van der Waals surface area contributed by atoms with Gasteiger partial charge in [0.15, 0.2) is 0 Å². The minimum absolute atomic E-state index is 0.0517. The van der Waals surface area contributed by atoms with Crippen molar-refractivity contribution in [1.29, 1.82) is 0 Å². The second-order valence-electron chi connectivity index (χ2n) is 5.83. The lowest BCUT2D eigenvalue weighted by molar-refractivity contribution is -0.481. The molecule has 1 heterocycles. The topological polar surface area (TPSA) is 111 Å². The Morgan fingerprint density at radius 1 is 1.15 bits per heavy atom. The number of hydrogen-bond donors (Lipinski definition) is 1. The molecule has 8 nitrogen and oxygen atoms in total. The number of terminal acetylenes is 1. The minimum atomic E-state index is -0.746. The van der Waals surface area contributed by atoms with E-state index in [9.17, 15) is 20.2 Å². The first kappa shape index (κ1) is 17.9. The summed E-state index contributed by atoms with van der Waals surface area (Å²) in [5, 5.41) is 23.4. The SMILES string of the molecule is C#CCOc1ccc([N+](=O)[O-])cc1[C@@H](C[N+](=O)[O-])c1c[nH]c2ccccc12. The van der Waals surface area contributed by atoms with E-state index in [0.29, 0.717) is 11.1 Å². The van der Waals surface area contributed by atoms with E-state index < -0.39 is 22.3 Å². The number of non-ortho nitro benzene ring substituents is 1. The standard InChI is InChI=1S/C19H15N3O5/c1-2-9-27-19-8-7-13(22(25)26)10-15(19)17(12-21(23)24)16-11-20-18-6-4-3-5-14(16)18/h1,3-8,10-11,17,20H,9,12H2/t17-/m1/s1. The fourth-order valence-electron chi connectivity index (χ4n) is 3.07. The zero-order chi connectivity index (χ0) is 19.4. The van der Waals surface area contributed by atoms with E-state index in [1.54, 1.807) is 6.20 Å². The number of aromatic amines is 1. The molecule has 0 unspecified atom stereocenters. The zero-order valence-corrected chi connectivity index (χ0v) is 14.1. The van der Waals surface area contributed by atoms with Crippen molar-refractivity contribution in [2.75, 3.05) is 13.2 Å². The molecule has 2 aromatic carbocycles. The number of nitro benzene ring substituents is 1. The molecule has 0 aliphatic heterocycles. The van der Waals surface area contributed by atoms with Crippen molar-refractivity contribution in [3.8, 4) is 18.1 Å². The van der Waals surface area contributed by atoms with Crippen LogP contribution < -0.4 is 4.74 Å². The van der Waals surface area contributed by atoms with Crippen molar-refractivity contribution in [2.45, 2.75) is 5.92 Å². The molecule has 1 N–H and O–H groups in total. The smallest absolute Gasteiger partial charge is 0.269 e. The Kier molecular flexibility index (Phi) is 5.04. The van der Waals surface area contributed by atoms with Crippen molar-refractivity contribution in [1.82, 2.24) is 4.98 Å². The molecule has 136 valence electrons. The molecule has 3 aromatic rings. The molecular weight excluding hydrogens is 350 g/mol. The summed E-state index contributed by atoms with van der Waals surface area (Å²) in [6, 6.07) is 11.4. The summed E-state index contributed by atoms with van der Waals surface area (Å²) in [6.45, 7) is -0.501. The van der Waals surface area contributed by atoms with Crippen molar-refractivity contribution < 1.29 is 14.6 Å². The fraction of sp³-hybridized carbons (Fsp3) is 0.158. The highest BCUT2D eigenvalue weighted by Crippen LogP contribution is 2.37. The molecule has 3 rings (SSSR count). The summed E-state index contributed by atoms with van der Waals surface area (Å²) < 4.78 is 5.50. The summed E-state index contributed by atoms with van der Waals surface area (Å²) in [7, 11) is 0. The Morgan fingerprint density at radius 3 is 2.63 bits per heavy atom. The predicted molar refractivity (Wildman–Crippen MR) is 99.4 cm³/mol. The predicted octanol–water partition coefficient (Wildman–Crippen LogP) is 3.50. The number of rotatable bonds is 7. The van der Waals surface area contributed by atoms with E-state index in [0.717, 1.165) is 10.9 Å². The average Bonchev–Trinajstić information content (AvgIpc) is 3.08. The number of H-pyrrole nitrogens is 1. The van der Waals surface area contributed by atoms with Gasteiger partial charge in [0.25, 0.3) is 5.69 Å². The number of aromatic nitrogens is 1. The number of nitrogens with zero attached hydrogens (tertiary/aromatic N) is 2. The lowest BCUT2D eigenvalue weighted by Crippen LogP contribution is -2.15. The molecule has 0 aliphatic carbocycles. The highest BCUT2D eigenvalue weighted by molar-refractivity contribution is 5.84. The monoisotopic (exact) mass is 365 g/mol. The summed E-state index contributed by atoms with van der Waals surface area (Å²) in [4.78, 5) is 24.6. The number of nitro groups is 2. The highest BCUT2D eigenvalue weighted by atomic mass is 16.6. The average molecular weight is 365 g/mol. The first-order chi connectivity index (χ1) is 13.0.